The van der Waals surface area contributed by atoms with Crippen LogP contribution in [0, 0.1) is 0 Å². The van der Waals surface area contributed by atoms with E-state index in [0.29, 0.717) is 24.8 Å². The number of hydrogen-bond donors (Lipinski definition) is 3. The van der Waals surface area contributed by atoms with Crippen molar-refractivity contribution in [2.75, 3.05) is 43.9 Å². The summed E-state index contributed by atoms with van der Waals surface area (Å²) in [5.74, 6) is 1.18. The molecule has 5 heterocycles. The van der Waals surface area contributed by atoms with Gasteiger partial charge in [0.15, 0.2) is 0 Å². The normalized spacial score (nSPS) is 21.5. The van der Waals surface area contributed by atoms with E-state index in [1.165, 1.54) is 0 Å². The first-order valence-electron chi connectivity index (χ1n) is 11.9. The molecule has 4 aliphatic rings. The summed E-state index contributed by atoms with van der Waals surface area (Å²) in [5.41, 5.74) is 2.51. The number of pyridine rings is 1. The summed E-state index contributed by atoms with van der Waals surface area (Å²) >= 11 is 0. The minimum absolute atomic E-state index is 0.195. The summed E-state index contributed by atoms with van der Waals surface area (Å²) < 4.78 is 39.4. The van der Waals surface area contributed by atoms with Crippen molar-refractivity contribution in [1.29, 1.82) is 0 Å². The maximum Gasteiger partial charge on any atom is 0.249 e. The van der Waals surface area contributed by atoms with E-state index in [2.05, 4.69) is 30.1 Å². The first-order valence-corrected chi connectivity index (χ1v) is 13.6. The van der Waals surface area contributed by atoms with Gasteiger partial charge in [0.2, 0.25) is 21.8 Å². The van der Waals surface area contributed by atoms with Gasteiger partial charge in [-0.2, -0.15) is 0 Å². The lowest BCUT2D eigenvalue weighted by atomic mass is 9.96. The molecular weight excluding hydrogens is 472 g/mol. The summed E-state index contributed by atoms with van der Waals surface area (Å²) in [6.07, 6.45) is 8.62. The topological polar surface area (TPSA) is 143 Å². The Bertz CT molecular complexity index is 1200. The Balaban J connectivity index is 1.48. The monoisotopic (exact) mass is 502 g/mol. The highest BCUT2D eigenvalue weighted by Gasteiger charge is 2.30. The van der Waals surface area contributed by atoms with Crippen molar-refractivity contribution in [3.05, 3.63) is 42.1 Å². The van der Waals surface area contributed by atoms with Crippen molar-refractivity contribution in [2.45, 2.75) is 37.8 Å². The number of hydrogen-bond acceptors (Lipinski definition) is 10. The third kappa shape index (κ3) is 5.72. The van der Waals surface area contributed by atoms with Gasteiger partial charge in [-0.1, -0.05) is 12.2 Å². The summed E-state index contributed by atoms with van der Waals surface area (Å²) in [4.78, 5) is 6.63. The molecule has 6 bridgehead atoms. The van der Waals surface area contributed by atoms with E-state index in [1.54, 1.807) is 12.3 Å². The molecule has 12 heteroatoms. The predicted octanol–water partition coefficient (Wildman–Crippen LogP) is 1.38. The zero-order valence-electron chi connectivity index (χ0n) is 19.4. The van der Waals surface area contributed by atoms with Crippen LogP contribution in [0.1, 0.15) is 31.6 Å². The molecule has 0 aromatic carbocycles. The Morgan fingerprint density at radius 3 is 2.89 bits per heavy atom. The number of anilines is 1. The van der Waals surface area contributed by atoms with Crippen molar-refractivity contribution in [1.82, 2.24) is 24.8 Å². The molecular formula is C23H30N6O5S. The van der Waals surface area contributed by atoms with Crippen LogP contribution in [0.15, 0.2) is 40.6 Å². The predicted molar refractivity (Wildman–Crippen MR) is 130 cm³/mol. The Labute approximate surface area is 204 Å². The number of piperidine rings is 1. The van der Waals surface area contributed by atoms with E-state index in [1.807, 2.05) is 18.2 Å². The SMILES string of the molecule is O=S(=O)(CCO)NC1C=CC2=C(C1)N1CCC(CC1)OCCCNc1cc(ccn1)-c1nnc2o1. The number of ether oxygens (including phenoxy) is 1. The van der Waals surface area contributed by atoms with Crippen molar-refractivity contribution < 1.29 is 22.7 Å². The fraction of sp³-hybridized carbons (Fsp3) is 0.522. The average molecular weight is 503 g/mol. The van der Waals surface area contributed by atoms with Gasteiger partial charge >= 0.3 is 0 Å². The van der Waals surface area contributed by atoms with E-state index in [-0.39, 0.29) is 11.9 Å². The third-order valence-electron chi connectivity index (χ3n) is 6.38. The quantitative estimate of drug-likeness (QED) is 0.561. The summed E-state index contributed by atoms with van der Waals surface area (Å²) in [6, 6.07) is 3.27. The number of aliphatic hydroxyl groups is 1. The van der Waals surface area contributed by atoms with Crippen LogP contribution in [0.25, 0.3) is 17.0 Å². The van der Waals surface area contributed by atoms with Crippen LogP contribution in [0.5, 0.6) is 0 Å². The average Bonchev–Trinajstić information content (AvgIpc) is 3.34. The summed E-state index contributed by atoms with van der Waals surface area (Å²) in [6.45, 7) is 2.58. The van der Waals surface area contributed by atoms with Gasteiger partial charge < -0.3 is 24.5 Å². The maximum atomic E-state index is 12.3. The van der Waals surface area contributed by atoms with Gasteiger partial charge in [-0.25, -0.2) is 18.1 Å². The molecule has 1 saturated heterocycles. The highest BCUT2D eigenvalue weighted by Crippen LogP contribution is 2.33. The van der Waals surface area contributed by atoms with Crippen LogP contribution >= 0.6 is 0 Å². The number of rotatable bonds is 4. The molecule has 1 aliphatic carbocycles. The van der Waals surface area contributed by atoms with E-state index in [4.69, 9.17) is 14.3 Å². The van der Waals surface area contributed by atoms with Crippen molar-refractivity contribution in [3.8, 4) is 11.5 Å². The molecule has 3 N–H and O–H groups in total. The molecule has 1 unspecified atom stereocenters. The van der Waals surface area contributed by atoms with Gasteiger partial charge in [0, 0.05) is 56.2 Å². The Morgan fingerprint density at radius 2 is 2.06 bits per heavy atom. The molecule has 35 heavy (non-hydrogen) atoms. The van der Waals surface area contributed by atoms with Gasteiger partial charge in [0.05, 0.1) is 24.0 Å². The molecule has 1 atom stereocenters. The first-order chi connectivity index (χ1) is 17.0. The lowest BCUT2D eigenvalue weighted by Gasteiger charge is -2.37. The molecule has 0 saturated carbocycles. The van der Waals surface area contributed by atoms with Crippen molar-refractivity contribution in [3.63, 3.8) is 0 Å². The van der Waals surface area contributed by atoms with Crippen LogP contribution < -0.4 is 10.0 Å². The minimum Gasteiger partial charge on any atom is -0.416 e. The number of nitrogens with one attached hydrogen (secondary N) is 2. The highest BCUT2D eigenvalue weighted by molar-refractivity contribution is 7.89. The number of fused-ring (bicyclic) bond motifs is 6. The molecule has 0 spiro atoms. The van der Waals surface area contributed by atoms with Crippen LogP contribution in [0.4, 0.5) is 5.82 Å². The van der Waals surface area contributed by atoms with Gasteiger partial charge in [-0.15, -0.1) is 10.2 Å². The molecule has 0 amide bonds. The summed E-state index contributed by atoms with van der Waals surface area (Å²) in [5, 5.41) is 21.0. The number of allylic oxidation sites excluding steroid dienone is 2. The lowest BCUT2D eigenvalue weighted by molar-refractivity contribution is 0.0133. The Hall–Kier alpha value is -2.80. The van der Waals surface area contributed by atoms with E-state index in [9.17, 15) is 8.42 Å². The number of aromatic nitrogens is 3. The zero-order valence-corrected chi connectivity index (χ0v) is 20.2. The third-order valence-corrected chi connectivity index (χ3v) is 7.76. The van der Waals surface area contributed by atoms with Crippen molar-refractivity contribution in [2.24, 2.45) is 0 Å². The minimum atomic E-state index is -3.59. The Morgan fingerprint density at radius 1 is 1.23 bits per heavy atom. The van der Waals surface area contributed by atoms with Crippen LogP contribution in [0.2, 0.25) is 0 Å². The second-order valence-electron chi connectivity index (χ2n) is 8.87. The molecule has 0 radical (unpaired) electrons. The molecule has 2 aromatic heterocycles. The number of sulfonamides is 1. The smallest absolute Gasteiger partial charge is 0.249 e. The molecule has 1 fully saturated rings. The van der Waals surface area contributed by atoms with Crippen LogP contribution in [-0.4, -0.2) is 84.4 Å². The largest absolute Gasteiger partial charge is 0.416 e. The van der Waals surface area contributed by atoms with Gasteiger partial charge in [-0.05, 0) is 31.4 Å². The first kappa shape index (κ1) is 23.9. The number of aliphatic hydroxyl groups excluding tert-OH is 1. The van der Waals surface area contributed by atoms with Gasteiger partial charge in [0.25, 0.3) is 0 Å². The molecule has 11 nitrogen and oxygen atoms in total. The zero-order chi connectivity index (χ0) is 24.3. The summed E-state index contributed by atoms with van der Waals surface area (Å²) in [7, 11) is -3.59. The van der Waals surface area contributed by atoms with Crippen LogP contribution in [0.3, 0.4) is 0 Å². The molecule has 188 valence electrons. The number of nitrogens with zero attached hydrogens (tertiary/aromatic N) is 4. The molecule has 2 aromatic rings. The fourth-order valence-corrected chi connectivity index (χ4v) is 5.60. The van der Waals surface area contributed by atoms with E-state index in [0.717, 1.165) is 61.5 Å². The highest BCUT2D eigenvalue weighted by atomic mass is 32.2. The van der Waals surface area contributed by atoms with Crippen LogP contribution in [-0.2, 0) is 14.8 Å². The standard InChI is InChI=1S/C23H30N6O5S/c30-11-13-35(31,32)28-17-2-3-19-20(15-17)29-9-5-18(6-10-29)33-12-1-7-24-21-14-16(4-8-25-21)22-26-27-23(19)34-22/h2-4,8,14,17-18,28,30H,1,5-7,9-13,15H2,(H,24,25). The van der Waals surface area contributed by atoms with Gasteiger partial charge in [0.1, 0.15) is 5.82 Å². The Kier molecular flexibility index (Phi) is 7.14. The second kappa shape index (κ2) is 10.4. The van der Waals surface area contributed by atoms with E-state index >= 15 is 0 Å². The lowest BCUT2D eigenvalue weighted by Crippen LogP contribution is -2.42. The van der Waals surface area contributed by atoms with Gasteiger partial charge in [-0.3, -0.25) is 0 Å². The molecule has 6 rings (SSSR count). The van der Waals surface area contributed by atoms with Crippen molar-refractivity contribution >= 4 is 21.4 Å². The van der Waals surface area contributed by atoms with E-state index < -0.39 is 22.7 Å². The fourth-order valence-electron chi connectivity index (χ4n) is 4.62. The molecule has 3 aliphatic heterocycles. The second-order valence-corrected chi connectivity index (χ2v) is 10.7. The maximum absolute atomic E-state index is 12.3.